The van der Waals surface area contributed by atoms with Gasteiger partial charge in [0.15, 0.2) is 12.2 Å². The highest BCUT2D eigenvalue weighted by molar-refractivity contribution is 6.30. The minimum Gasteiger partial charge on any atom is -0.290 e. The van der Waals surface area contributed by atoms with Gasteiger partial charge in [0.2, 0.25) is 5.78 Å². The second-order valence-corrected chi connectivity index (χ2v) is 7.96. The molecular weight excluding hydrogens is 356 g/mol. The van der Waals surface area contributed by atoms with E-state index in [1.807, 2.05) is 36.4 Å². The van der Waals surface area contributed by atoms with E-state index in [0.29, 0.717) is 12.5 Å². The molecule has 0 saturated heterocycles. The molecule has 0 saturated carbocycles. The van der Waals surface area contributed by atoms with Crippen LogP contribution in [0, 0.1) is 0 Å². The van der Waals surface area contributed by atoms with Gasteiger partial charge in [0, 0.05) is 16.1 Å². The number of halogens is 1. The molecule has 3 nitrogen and oxygen atoms in total. The summed E-state index contributed by atoms with van der Waals surface area (Å²) >= 11 is 6.03. The van der Waals surface area contributed by atoms with E-state index in [-0.39, 0.29) is 5.78 Å². The summed E-state index contributed by atoms with van der Waals surface area (Å²) in [6, 6.07) is 15.9. The van der Waals surface area contributed by atoms with Crippen LogP contribution in [0.3, 0.4) is 0 Å². The number of carbonyl (C=O) groups is 1. The molecule has 138 valence electrons. The third-order valence-electron chi connectivity index (χ3n) is 5.35. The van der Waals surface area contributed by atoms with E-state index in [1.54, 1.807) is 0 Å². The second kappa shape index (κ2) is 7.32. The molecule has 0 atom stereocenters. The Labute approximate surface area is 165 Å². The van der Waals surface area contributed by atoms with E-state index in [9.17, 15) is 4.79 Å². The summed E-state index contributed by atoms with van der Waals surface area (Å²) in [6.45, 7) is 5.70. The summed E-state index contributed by atoms with van der Waals surface area (Å²) in [5.41, 5.74) is 4.32. The number of carbonyl (C=O) groups excluding carboxylic acids is 1. The fraction of sp³-hybridized carbons (Fsp3) is 0.304. The molecule has 0 spiro atoms. The van der Waals surface area contributed by atoms with Crippen molar-refractivity contribution in [2.45, 2.75) is 45.7 Å². The van der Waals surface area contributed by atoms with Crippen LogP contribution in [-0.2, 0) is 19.5 Å². The van der Waals surface area contributed by atoms with E-state index in [2.05, 4.69) is 41.3 Å². The third-order valence-corrected chi connectivity index (χ3v) is 5.60. The number of rotatable bonds is 5. The summed E-state index contributed by atoms with van der Waals surface area (Å²) in [7, 11) is 0. The van der Waals surface area contributed by atoms with Gasteiger partial charge < -0.3 is 0 Å². The van der Waals surface area contributed by atoms with Crippen LogP contribution in [-0.4, -0.2) is 10.4 Å². The molecule has 2 aromatic carbocycles. The number of benzene rings is 2. The summed E-state index contributed by atoms with van der Waals surface area (Å²) < 4.78 is 4.45. The fourth-order valence-electron chi connectivity index (χ4n) is 3.80. The number of fused-ring (bicyclic) bond motifs is 1. The fourth-order valence-corrected chi connectivity index (χ4v) is 3.92. The quantitative estimate of drug-likeness (QED) is 0.450. The minimum absolute atomic E-state index is 0.151. The van der Waals surface area contributed by atoms with E-state index < -0.39 is 0 Å². The highest BCUT2D eigenvalue weighted by Gasteiger charge is 2.29. The Morgan fingerprint density at radius 3 is 2.48 bits per heavy atom. The first kappa shape index (κ1) is 18.0. The maximum Gasteiger partial charge on any atom is 0.257 e. The normalized spacial score (nSPS) is 13.2. The average molecular weight is 380 g/mol. The minimum atomic E-state index is 0.151. The highest BCUT2D eigenvalue weighted by atomic mass is 35.5. The molecule has 0 radical (unpaired) electrons. The number of ketones is 1. The van der Waals surface area contributed by atoms with Gasteiger partial charge in [-0.25, -0.2) is 9.13 Å². The van der Waals surface area contributed by atoms with Crippen molar-refractivity contribution in [1.29, 1.82) is 0 Å². The molecule has 0 amide bonds. The number of hydrogen-bond acceptors (Lipinski definition) is 1. The third kappa shape index (κ3) is 3.57. The maximum atomic E-state index is 12.8. The van der Waals surface area contributed by atoms with Crippen molar-refractivity contribution < 1.29 is 9.36 Å². The first-order chi connectivity index (χ1) is 13.0. The summed E-state index contributed by atoms with van der Waals surface area (Å²) in [6.07, 6.45) is 4.24. The molecule has 0 aliphatic carbocycles. The van der Waals surface area contributed by atoms with Crippen LogP contribution in [0.2, 0.25) is 5.02 Å². The van der Waals surface area contributed by atoms with Gasteiger partial charge in [0.25, 0.3) is 5.82 Å². The van der Waals surface area contributed by atoms with Gasteiger partial charge in [-0.1, -0.05) is 49.7 Å². The monoisotopic (exact) mass is 379 g/mol. The number of Topliss-reactive ketones (excluding diaryl/α,β-unsaturated/α-hetero) is 1. The Kier molecular flexibility index (Phi) is 4.88. The van der Waals surface area contributed by atoms with E-state index >= 15 is 0 Å². The van der Waals surface area contributed by atoms with Gasteiger partial charge in [-0.05, 0) is 42.2 Å². The van der Waals surface area contributed by atoms with Gasteiger partial charge in [-0.15, -0.1) is 0 Å². The Hall–Kier alpha value is -2.39. The standard InChI is InChI=1S/C23H24ClN2O/c1-16(2)17-5-7-19(8-6-17)22(27)15-25-14-21(26-13-3-4-23(25)26)18-9-11-20(24)12-10-18/h5-12,14,16H,3-4,13,15H2,1-2H3/q+1. The van der Waals surface area contributed by atoms with Crippen LogP contribution in [0.25, 0.3) is 11.3 Å². The molecule has 0 bridgehead atoms. The number of imidazole rings is 1. The number of hydrogen-bond donors (Lipinski definition) is 0. The lowest BCUT2D eigenvalue weighted by molar-refractivity contribution is -0.689. The Morgan fingerprint density at radius 1 is 1.11 bits per heavy atom. The molecule has 2 heterocycles. The zero-order chi connectivity index (χ0) is 19.0. The molecule has 27 heavy (non-hydrogen) atoms. The zero-order valence-electron chi connectivity index (χ0n) is 15.8. The summed E-state index contributed by atoms with van der Waals surface area (Å²) in [5, 5.41) is 0.736. The zero-order valence-corrected chi connectivity index (χ0v) is 16.5. The molecule has 3 aromatic rings. The molecule has 1 aliphatic rings. The van der Waals surface area contributed by atoms with Crippen molar-refractivity contribution in [2.75, 3.05) is 0 Å². The van der Waals surface area contributed by atoms with Gasteiger partial charge >= 0.3 is 0 Å². The molecule has 4 rings (SSSR count). The lowest BCUT2D eigenvalue weighted by atomic mass is 10.0. The van der Waals surface area contributed by atoms with Crippen LogP contribution in [0.1, 0.15) is 47.9 Å². The largest absolute Gasteiger partial charge is 0.290 e. The van der Waals surface area contributed by atoms with E-state index in [4.69, 9.17) is 11.6 Å². The molecular formula is C23H24ClN2O+. The number of nitrogens with zero attached hydrogens (tertiary/aromatic N) is 2. The van der Waals surface area contributed by atoms with E-state index in [0.717, 1.165) is 41.2 Å². The van der Waals surface area contributed by atoms with Crippen LogP contribution in [0.5, 0.6) is 0 Å². The van der Waals surface area contributed by atoms with Crippen molar-refractivity contribution in [3.63, 3.8) is 0 Å². The average Bonchev–Trinajstić information content (AvgIpc) is 3.26. The Bertz CT molecular complexity index is 969. The highest BCUT2D eigenvalue weighted by Crippen LogP contribution is 2.26. The van der Waals surface area contributed by atoms with Crippen molar-refractivity contribution in [2.24, 2.45) is 0 Å². The predicted octanol–water partition coefficient (Wildman–Crippen LogP) is 5.05. The number of aromatic nitrogens is 2. The molecule has 1 aromatic heterocycles. The first-order valence-corrected chi connectivity index (χ1v) is 9.91. The SMILES string of the molecule is CC(C)c1ccc(C(=O)C[n+]2cc(-c3ccc(Cl)cc3)n3c2CCC3)cc1. The van der Waals surface area contributed by atoms with Crippen LogP contribution in [0.4, 0.5) is 0 Å². The smallest absolute Gasteiger partial charge is 0.257 e. The molecule has 0 unspecified atom stereocenters. The van der Waals surface area contributed by atoms with E-state index in [1.165, 1.54) is 11.4 Å². The van der Waals surface area contributed by atoms with Gasteiger partial charge in [0.05, 0.1) is 13.0 Å². The molecule has 4 heteroatoms. The van der Waals surface area contributed by atoms with Crippen molar-refractivity contribution in [3.05, 3.63) is 76.7 Å². The van der Waals surface area contributed by atoms with Gasteiger partial charge in [-0.2, -0.15) is 0 Å². The topological polar surface area (TPSA) is 25.9 Å². The molecule has 1 aliphatic heterocycles. The van der Waals surface area contributed by atoms with Gasteiger partial charge in [-0.3, -0.25) is 4.79 Å². The predicted molar refractivity (Wildman–Crippen MR) is 108 cm³/mol. The molecule has 0 fully saturated rings. The van der Waals surface area contributed by atoms with Crippen molar-refractivity contribution in [1.82, 2.24) is 4.57 Å². The van der Waals surface area contributed by atoms with Crippen LogP contribution >= 0.6 is 11.6 Å². The molecule has 0 N–H and O–H groups in total. The second-order valence-electron chi connectivity index (χ2n) is 7.52. The Morgan fingerprint density at radius 2 is 1.81 bits per heavy atom. The van der Waals surface area contributed by atoms with Crippen LogP contribution in [0.15, 0.2) is 54.7 Å². The summed E-state index contributed by atoms with van der Waals surface area (Å²) in [5.74, 6) is 1.85. The first-order valence-electron chi connectivity index (χ1n) is 9.54. The summed E-state index contributed by atoms with van der Waals surface area (Å²) in [4.78, 5) is 12.8. The lowest BCUT2D eigenvalue weighted by Crippen LogP contribution is -2.40. The Balaban J connectivity index is 1.62. The van der Waals surface area contributed by atoms with Crippen molar-refractivity contribution >= 4 is 17.4 Å². The van der Waals surface area contributed by atoms with Gasteiger partial charge in [0.1, 0.15) is 6.20 Å². The van der Waals surface area contributed by atoms with Crippen molar-refractivity contribution in [3.8, 4) is 11.3 Å². The lowest BCUT2D eigenvalue weighted by Gasteiger charge is -2.06. The maximum absolute atomic E-state index is 12.8. The van der Waals surface area contributed by atoms with Crippen LogP contribution < -0.4 is 4.57 Å².